The number of thiazole rings is 1. The Morgan fingerprint density at radius 2 is 1.89 bits per heavy atom. The molecule has 2 amide bonds. The zero-order valence-corrected chi connectivity index (χ0v) is 20.6. The third-order valence-electron chi connectivity index (χ3n) is 6.68. The molecular formula is C25H29N7O2S. The number of nitrogens with one attached hydrogen (secondary N) is 2. The molecule has 5 rings (SSSR count). The van der Waals surface area contributed by atoms with Gasteiger partial charge in [-0.25, -0.2) is 15.0 Å². The van der Waals surface area contributed by atoms with Gasteiger partial charge >= 0.3 is 0 Å². The number of primary amides is 1. The summed E-state index contributed by atoms with van der Waals surface area (Å²) in [4.78, 5) is 40.2. The fourth-order valence-corrected chi connectivity index (χ4v) is 5.23. The maximum atomic E-state index is 13.0. The van der Waals surface area contributed by atoms with Crippen molar-refractivity contribution < 1.29 is 9.59 Å². The van der Waals surface area contributed by atoms with Crippen molar-refractivity contribution in [3.8, 4) is 0 Å². The van der Waals surface area contributed by atoms with Crippen LogP contribution in [0, 0.1) is 6.92 Å². The molecule has 1 aliphatic carbocycles. The van der Waals surface area contributed by atoms with Crippen LogP contribution in [0.2, 0.25) is 0 Å². The zero-order chi connectivity index (χ0) is 24.5. The number of rotatable bonds is 7. The summed E-state index contributed by atoms with van der Waals surface area (Å²) in [5.41, 5.74) is 7.60. The molecule has 0 unspecified atom stereocenters. The predicted molar refractivity (Wildman–Crippen MR) is 136 cm³/mol. The summed E-state index contributed by atoms with van der Waals surface area (Å²) in [6, 6.07) is 7.92. The summed E-state index contributed by atoms with van der Waals surface area (Å²) >= 11 is 1.45. The molecule has 2 atom stereocenters. The topological polar surface area (TPSA) is 126 Å². The first-order valence-corrected chi connectivity index (χ1v) is 12.7. The summed E-state index contributed by atoms with van der Waals surface area (Å²) in [6.07, 6.45) is 7.51. The number of benzene rings is 1. The van der Waals surface area contributed by atoms with Gasteiger partial charge in [0.2, 0.25) is 0 Å². The van der Waals surface area contributed by atoms with E-state index in [9.17, 15) is 9.59 Å². The van der Waals surface area contributed by atoms with Crippen LogP contribution in [0.5, 0.6) is 0 Å². The maximum Gasteiger partial charge on any atom is 0.271 e. The third kappa shape index (κ3) is 5.12. The molecular weight excluding hydrogens is 462 g/mol. The van der Waals surface area contributed by atoms with E-state index in [0.29, 0.717) is 23.1 Å². The van der Waals surface area contributed by atoms with Gasteiger partial charge in [0.1, 0.15) is 10.8 Å². The highest BCUT2D eigenvalue weighted by molar-refractivity contribution is 7.15. The summed E-state index contributed by atoms with van der Waals surface area (Å²) < 4.78 is 0. The molecule has 3 aromatic rings. The fourth-order valence-electron chi connectivity index (χ4n) is 4.56. The van der Waals surface area contributed by atoms with Gasteiger partial charge in [0.15, 0.2) is 11.5 Å². The number of hydrogen-bond donors (Lipinski definition) is 3. The number of anilines is 3. The van der Waals surface area contributed by atoms with E-state index in [4.69, 9.17) is 10.7 Å². The summed E-state index contributed by atoms with van der Waals surface area (Å²) in [7, 11) is 0. The predicted octanol–water partition coefficient (Wildman–Crippen LogP) is 3.75. The van der Waals surface area contributed by atoms with Gasteiger partial charge in [0, 0.05) is 24.2 Å². The van der Waals surface area contributed by atoms with Gasteiger partial charge < -0.3 is 21.3 Å². The molecule has 10 heteroatoms. The molecule has 2 aliphatic rings. The van der Waals surface area contributed by atoms with Crippen LogP contribution in [-0.4, -0.2) is 45.4 Å². The molecule has 3 heterocycles. The van der Waals surface area contributed by atoms with Crippen molar-refractivity contribution in [1.82, 2.24) is 20.3 Å². The number of aromatic nitrogens is 3. The molecule has 0 bridgehead atoms. The fraction of sp³-hybridized carbons (Fsp3) is 0.400. The molecule has 0 spiro atoms. The Kier molecular flexibility index (Phi) is 6.38. The maximum absolute atomic E-state index is 13.0. The van der Waals surface area contributed by atoms with E-state index in [-0.39, 0.29) is 23.7 Å². The quantitative estimate of drug-likeness (QED) is 0.459. The van der Waals surface area contributed by atoms with Crippen LogP contribution in [0.15, 0.2) is 36.7 Å². The van der Waals surface area contributed by atoms with E-state index in [0.717, 1.165) is 29.4 Å². The molecule has 1 saturated carbocycles. The van der Waals surface area contributed by atoms with Crippen LogP contribution in [-0.2, 0) is 0 Å². The molecule has 1 aromatic carbocycles. The normalized spacial score (nSPS) is 19.9. The number of piperidine rings is 1. The van der Waals surface area contributed by atoms with Crippen molar-refractivity contribution in [2.45, 2.75) is 57.5 Å². The molecule has 4 N–H and O–H groups in total. The van der Waals surface area contributed by atoms with E-state index in [1.54, 1.807) is 12.4 Å². The summed E-state index contributed by atoms with van der Waals surface area (Å²) in [5.74, 6) is 0.869. The van der Waals surface area contributed by atoms with Crippen LogP contribution in [0.1, 0.15) is 69.9 Å². The number of amides is 2. The Labute approximate surface area is 208 Å². The highest BCUT2D eigenvalue weighted by Gasteiger charge is 2.31. The smallest absolute Gasteiger partial charge is 0.271 e. The van der Waals surface area contributed by atoms with Crippen LogP contribution >= 0.6 is 11.3 Å². The van der Waals surface area contributed by atoms with Crippen molar-refractivity contribution >= 4 is 39.8 Å². The average molecular weight is 492 g/mol. The highest BCUT2D eigenvalue weighted by atomic mass is 32.1. The van der Waals surface area contributed by atoms with Crippen LogP contribution in [0.4, 0.5) is 16.6 Å². The van der Waals surface area contributed by atoms with Gasteiger partial charge in [-0.1, -0.05) is 12.1 Å². The first-order chi connectivity index (χ1) is 16.9. The monoisotopic (exact) mass is 491 g/mol. The third-order valence-corrected chi connectivity index (χ3v) is 7.50. The number of aryl methyl sites for hydroxylation is 1. The number of nitrogens with zero attached hydrogens (tertiary/aromatic N) is 4. The van der Waals surface area contributed by atoms with Crippen molar-refractivity contribution in [2.75, 3.05) is 16.8 Å². The lowest BCUT2D eigenvalue weighted by atomic mass is 9.97. The molecule has 35 heavy (non-hydrogen) atoms. The molecule has 1 saturated heterocycles. The Bertz CT molecular complexity index is 1240. The van der Waals surface area contributed by atoms with E-state index in [1.165, 1.54) is 29.7 Å². The lowest BCUT2D eigenvalue weighted by Crippen LogP contribution is -2.54. The van der Waals surface area contributed by atoms with Gasteiger partial charge in [-0.2, -0.15) is 0 Å². The van der Waals surface area contributed by atoms with Gasteiger partial charge in [-0.15, -0.1) is 11.3 Å². The lowest BCUT2D eigenvalue weighted by Gasteiger charge is -2.40. The van der Waals surface area contributed by atoms with E-state index in [2.05, 4.69) is 44.6 Å². The van der Waals surface area contributed by atoms with Gasteiger partial charge in [-0.3, -0.25) is 9.59 Å². The number of hydrogen-bond acceptors (Lipinski definition) is 8. The highest BCUT2D eigenvalue weighted by Crippen LogP contribution is 2.40. The minimum atomic E-state index is -0.655. The molecule has 9 nitrogen and oxygen atoms in total. The SMILES string of the molecule is Cc1ncc(Nc2nc(N3CCC[C@@H](NC(=O)c4ccc(C5CC5)cc4)[C@H]3C)cnc2C(N)=O)s1. The summed E-state index contributed by atoms with van der Waals surface area (Å²) in [6.45, 7) is 4.75. The Morgan fingerprint density at radius 1 is 1.11 bits per heavy atom. The van der Waals surface area contributed by atoms with E-state index in [1.807, 2.05) is 19.1 Å². The minimum absolute atomic E-state index is 0.00864. The van der Waals surface area contributed by atoms with Crippen LogP contribution < -0.4 is 21.3 Å². The standard InChI is InChI=1S/C25H29N7O2S/c1-14-19(29-25(34)18-9-7-17(8-10-18)16-5-6-16)4-3-11-32(14)20-12-28-22(23(26)33)24(30-20)31-21-13-27-15(2)35-21/h7-10,12-14,16,19H,3-6,11H2,1-2H3,(H2,26,33)(H,29,34)(H,30,31)/t14-,19-/m1/s1. The van der Waals surface area contributed by atoms with Crippen LogP contribution in [0.3, 0.4) is 0 Å². The van der Waals surface area contributed by atoms with Gasteiger partial charge in [-0.05, 0) is 63.1 Å². The van der Waals surface area contributed by atoms with Crippen molar-refractivity contribution in [3.05, 3.63) is 58.5 Å². The van der Waals surface area contributed by atoms with Crippen molar-refractivity contribution in [3.63, 3.8) is 0 Å². The largest absolute Gasteiger partial charge is 0.364 e. The lowest BCUT2D eigenvalue weighted by molar-refractivity contribution is 0.0923. The van der Waals surface area contributed by atoms with Crippen LogP contribution in [0.25, 0.3) is 0 Å². The van der Waals surface area contributed by atoms with Gasteiger partial charge in [0.05, 0.1) is 17.4 Å². The second-order valence-electron chi connectivity index (χ2n) is 9.21. The molecule has 182 valence electrons. The van der Waals surface area contributed by atoms with E-state index < -0.39 is 5.91 Å². The average Bonchev–Trinajstić information content (AvgIpc) is 3.62. The first kappa shape index (κ1) is 23.2. The minimum Gasteiger partial charge on any atom is -0.364 e. The summed E-state index contributed by atoms with van der Waals surface area (Å²) in [5, 5.41) is 7.99. The van der Waals surface area contributed by atoms with E-state index >= 15 is 0 Å². The second-order valence-corrected chi connectivity index (χ2v) is 10.4. The number of nitrogens with two attached hydrogens (primary N) is 1. The second kappa shape index (κ2) is 9.61. The Hall–Kier alpha value is -3.53. The van der Waals surface area contributed by atoms with Gasteiger partial charge in [0.25, 0.3) is 11.8 Å². The molecule has 0 radical (unpaired) electrons. The first-order valence-electron chi connectivity index (χ1n) is 11.9. The van der Waals surface area contributed by atoms with Crippen molar-refractivity contribution in [2.24, 2.45) is 5.73 Å². The Balaban J connectivity index is 1.32. The number of carbonyl (C=O) groups is 2. The number of carbonyl (C=O) groups excluding carboxylic acids is 2. The molecule has 2 aromatic heterocycles. The Morgan fingerprint density at radius 3 is 2.54 bits per heavy atom. The van der Waals surface area contributed by atoms with Crippen molar-refractivity contribution in [1.29, 1.82) is 0 Å². The molecule has 1 aliphatic heterocycles. The zero-order valence-electron chi connectivity index (χ0n) is 19.8. The molecule has 2 fully saturated rings.